The first-order chi connectivity index (χ1) is 10.1. The maximum atomic E-state index is 13.9. The minimum atomic E-state index is -2.78. The van der Waals surface area contributed by atoms with Gasteiger partial charge in [-0.2, -0.15) is 0 Å². The summed E-state index contributed by atoms with van der Waals surface area (Å²) in [5.74, 6) is -1.30. The number of carbonyl (C=O) groups excluding carboxylic acids is 1. The number of nitrogens with one attached hydrogen (secondary N) is 1. The van der Waals surface area contributed by atoms with E-state index in [-0.39, 0.29) is 24.0 Å². The smallest absolute Gasteiger partial charge is 0.254 e. The second kappa shape index (κ2) is 4.03. The van der Waals surface area contributed by atoms with Crippen molar-refractivity contribution in [3.63, 3.8) is 0 Å². The van der Waals surface area contributed by atoms with Crippen LogP contribution >= 0.6 is 0 Å². The molecule has 3 rings (SSSR count). The number of rotatable bonds is 4. The second-order valence-corrected chi connectivity index (χ2v) is 4.47. The Bertz CT molecular complexity index is 643. The second-order valence-electron chi connectivity index (χ2n) is 4.47. The van der Waals surface area contributed by atoms with E-state index in [1.807, 2.05) is 0 Å². The van der Waals surface area contributed by atoms with E-state index < -0.39 is 36.5 Å². The van der Waals surface area contributed by atoms with Crippen molar-refractivity contribution in [3.05, 3.63) is 35.1 Å². The maximum Gasteiger partial charge on any atom is 0.254 e. The lowest BCUT2D eigenvalue weighted by atomic mass is 10.1. The van der Waals surface area contributed by atoms with Crippen LogP contribution < -0.4 is 5.32 Å². The highest BCUT2D eigenvalue weighted by atomic mass is 19.1. The van der Waals surface area contributed by atoms with Gasteiger partial charge in [0.05, 0.1) is 24.2 Å². The monoisotopic (exact) mass is 255 g/mol. The highest BCUT2D eigenvalue weighted by Gasteiger charge is 2.44. The third-order valence-corrected chi connectivity index (χ3v) is 3.16. The van der Waals surface area contributed by atoms with Crippen molar-refractivity contribution in [2.24, 2.45) is 5.41 Å². The molecule has 18 heavy (non-hydrogen) atoms. The van der Waals surface area contributed by atoms with E-state index in [9.17, 15) is 14.3 Å². The van der Waals surface area contributed by atoms with Gasteiger partial charge in [-0.25, -0.2) is 4.39 Å². The molecule has 1 unspecified atom stereocenters. The molecule has 1 aliphatic heterocycles. The third kappa shape index (κ3) is 1.79. The summed E-state index contributed by atoms with van der Waals surface area (Å²) >= 11 is 0. The number of hydrogen-bond acceptors (Lipinski definition) is 3. The fourth-order valence-corrected chi connectivity index (χ4v) is 1.89. The number of aliphatic hydroxyl groups is 1. The standard InChI is InChI=1S/C13H14FNO3/c14-9-3-1-2-8-10(9)12(15-11(8)17)18-7-13(6-16)4-5-13/h1-3,12,16H,4-7H2,(H,15,17)/i6D2,7D2. The number of amides is 1. The molecule has 96 valence electrons. The lowest BCUT2D eigenvalue weighted by Gasteiger charge is -2.18. The maximum absolute atomic E-state index is 13.9. The van der Waals surface area contributed by atoms with Crippen molar-refractivity contribution < 1.29 is 24.5 Å². The molecule has 0 saturated heterocycles. The molecule has 5 heteroatoms. The molecule has 1 fully saturated rings. The number of fused-ring (bicyclic) bond motifs is 1. The van der Waals surface area contributed by atoms with Gasteiger partial charge in [0, 0.05) is 11.0 Å². The Balaban J connectivity index is 1.91. The van der Waals surface area contributed by atoms with Crippen molar-refractivity contribution >= 4 is 5.91 Å². The molecular weight excluding hydrogens is 237 g/mol. The first kappa shape index (κ1) is 7.86. The molecule has 1 aliphatic carbocycles. The van der Waals surface area contributed by atoms with Crippen LogP contribution in [0.4, 0.5) is 4.39 Å². The Kier molecular flexibility index (Phi) is 1.76. The Morgan fingerprint density at radius 2 is 2.39 bits per heavy atom. The molecule has 0 spiro atoms. The molecule has 1 atom stereocenters. The quantitative estimate of drug-likeness (QED) is 0.854. The Morgan fingerprint density at radius 1 is 1.61 bits per heavy atom. The minimum absolute atomic E-state index is 0.0534. The van der Waals surface area contributed by atoms with E-state index in [0.29, 0.717) is 0 Å². The fraction of sp³-hybridized carbons (Fsp3) is 0.462. The SMILES string of the molecule is [2H]C([2H])(O)C1(C([2H])([2H])OC2NC(=O)c3cccc(F)c32)CC1. The summed E-state index contributed by atoms with van der Waals surface area (Å²) in [4.78, 5) is 11.8. The van der Waals surface area contributed by atoms with Gasteiger partial charge in [-0.1, -0.05) is 6.07 Å². The van der Waals surface area contributed by atoms with E-state index >= 15 is 0 Å². The van der Waals surface area contributed by atoms with Gasteiger partial charge in [0.1, 0.15) is 5.82 Å². The molecular formula is C13H14FNO3. The molecule has 1 aromatic carbocycles. The summed E-state index contributed by atoms with van der Waals surface area (Å²) < 4.78 is 49.8. The summed E-state index contributed by atoms with van der Waals surface area (Å²) in [6, 6.07) is 3.88. The van der Waals surface area contributed by atoms with Crippen LogP contribution in [-0.4, -0.2) is 24.1 Å². The van der Waals surface area contributed by atoms with Crippen molar-refractivity contribution in [2.45, 2.75) is 19.1 Å². The van der Waals surface area contributed by atoms with Crippen LogP contribution in [0.15, 0.2) is 18.2 Å². The number of ether oxygens (including phenoxy) is 1. The van der Waals surface area contributed by atoms with Crippen LogP contribution in [0.3, 0.4) is 0 Å². The molecule has 4 nitrogen and oxygen atoms in total. The van der Waals surface area contributed by atoms with Gasteiger partial charge in [0.25, 0.3) is 5.91 Å². The summed E-state index contributed by atoms with van der Waals surface area (Å²) in [6.07, 6.45) is -1.18. The lowest BCUT2D eigenvalue weighted by molar-refractivity contribution is -0.00623. The summed E-state index contributed by atoms with van der Waals surface area (Å²) in [5.41, 5.74) is -1.78. The normalized spacial score (nSPS) is 28.6. The summed E-state index contributed by atoms with van der Waals surface area (Å²) in [7, 11) is 0. The topological polar surface area (TPSA) is 58.6 Å². The number of halogens is 1. The van der Waals surface area contributed by atoms with Gasteiger partial charge in [-0.15, -0.1) is 0 Å². The minimum Gasteiger partial charge on any atom is -0.396 e. The van der Waals surface area contributed by atoms with Crippen LogP contribution in [-0.2, 0) is 4.74 Å². The first-order valence-electron chi connectivity index (χ1n) is 7.59. The molecule has 2 N–H and O–H groups in total. The van der Waals surface area contributed by atoms with Gasteiger partial charge >= 0.3 is 0 Å². The lowest BCUT2D eigenvalue weighted by Crippen LogP contribution is -2.25. The first-order valence-corrected chi connectivity index (χ1v) is 5.59. The van der Waals surface area contributed by atoms with E-state index in [2.05, 4.69) is 5.32 Å². The summed E-state index contributed by atoms with van der Waals surface area (Å²) in [6.45, 7) is -5.36. The number of benzene rings is 1. The zero-order valence-corrected chi connectivity index (χ0v) is 9.37. The van der Waals surface area contributed by atoms with E-state index in [1.165, 1.54) is 12.1 Å². The van der Waals surface area contributed by atoms with Crippen LogP contribution in [0, 0.1) is 11.2 Å². The fourth-order valence-electron chi connectivity index (χ4n) is 1.89. The Hall–Kier alpha value is -1.46. The Labute approximate surface area is 109 Å². The van der Waals surface area contributed by atoms with Gasteiger partial charge in [0.15, 0.2) is 6.23 Å². The molecule has 2 aliphatic rings. The van der Waals surface area contributed by atoms with E-state index in [0.717, 1.165) is 6.07 Å². The van der Waals surface area contributed by atoms with Crippen molar-refractivity contribution in [3.8, 4) is 0 Å². The molecule has 1 amide bonds. The van der Waals surface area contributed by atoms with Crippen molar-refractivity contribution in [2.75, 3.05) is 13.1 Å². The van der Waals surface area contributed by atoms with Gasteiger partial charge in [0.2, 0.25) is 0 Å². The Morgan fingerprint density at radius 3 is 3.06 bits per heavy atom. The van der Waals surface area contributed by atoms with Gasteiger partial charge in [-0.05, 0) is 25.0 Å². The molecule has 1 aromatic rings. The van der Waals surface area contributed by atoms with Crippen LogP contribution in [0.1, 0.15) is 40.5 Å². The van der Waals surface area contributed by atoms with E-state index in [1.54, 1.807) is 0 Å². The van der Waals surface area contributed by atoms with Crippen LogP contribution in [0.2, 0.25) is 0 Å². The predicted molar refractivity (Wildman–Crippen MR) is 61.3 cm³/mol. The molecule has 0 bridgehead atoms. The highest BCUT2D eigenvalue weighted by molar-refractivity contribution is 5.98. The van der Waals surface area contributed by atoms with Crippen molar-refractivity contribution in [1.82, 2.24) is 5.32 Å². The average molecular weight is 255 g/mol. The zero-order valence-electron chi connectivity index (χ0n) is 13.4. The highest BCUT2D eigenvalue weighted by Crippen LogP contribution is 2.46. The zero-order chi connectivity index (χ0) is 16.3. The number of hydrogen-bond donors (Lipinski definition) is 2. The summed E-state index contributed by atoms with van der Waals surface area (Å²) in [5, 5.41) is 11.9. The molecule has 0 radical (unpaired) electrons. The third-order valence-electron chi connectivity index (χ3n) is 3.16. The van der Waals surface area contributed by atoms with Gasteiger partial charge in [-0.3, -0.25) is 4.79 Å². The molecule has 0 aromatic heterocycles. The van der Waals surface area contributed by atoms with Crippen LogP contribution in [0.25, 0.3) is 0 Å². The average Bonchev–Trinajstić information content (AvgIpc) is 3.13. The predicted octanol–water partition coefficient (Wildman–Crippen LogP) is 1.36. The largest absolute Gasteiger partial charge is 0.396 e. The molecule has 1 heterocycles. The molecule has 1 saturated carbocycles. The van der Waals surface area contributed by atoms with Crippen LogP contribution in [0.5, 0.6) is 0 Å². The number of carbonyl (C=O) groups is 1. The van der Waals surface area contributed by atoms with Gasteiger partial charge < -0.3 is 15.2 Å². The van der Waals surface area contributed by atoms with Crippen molar-refractivity contribution in [1.29, 1.82) is 0 Å². The van der Waals surface area contributed by atoms with E-state index in [4.69, 9.17) is 10.2 Å².